The van der Waals surface area contributed by atoms with Crippen LogP contribution in [-0.4, -0.2) is 46.3 Å². The first-order chi connectivity index (χ1) is 13.8. The lowest BCUT2D eigenvalue weighted by Gasteiger charge is -2.28. The summed E-state index contributed by atoms with van der Waals surface area (Å²) in [5, 5.41) is 8.95. The molecule has 144 valence electrons. The number of anilines is 1. The van der Waals surface area contributed by atoms with Crippen LogP contribution in [0.1, 0.15) is 23.4 Å². The molecule has 0 spiro atoms. The molecule has 5 rings (SSSR count). The quantitative estimate of drug-likeness (QED) is 0.705. The Labute approximate surface area is 166 Å². The number of nitrogens with zero attached hydrogens (tertiary/aromatic N) is 5. The Morgan fingerprint density at radius 2 is 1.79 bits per heavy atom. The molecule has 0 fully saturated rings. The van der Waals surface area contributed by atoms with Crippen LogP contribution in [0.15, 0.2) is 48.5 Å². The Morgan fingerprint density at radius 3 is 2.68 bits per heavy atom. The lowest BCUT2D eigenvalue weighted by Crippen LogP contribution is -2.27. The summed E-state index contributed by atoms with van der Waals surface area (Å²) >= 11 is 0. The van der Waals surface area contributed by atoms with Gasteiger partial charge in [-0.25, -0.2) is 0 Å². The third-order valence-corrected chi connectivity index (χ3v) is 6.05. The van der Waals surface area contributed by atoms with Crippen LogP contribution < -0.4 is 4.90 Å². The molecule has 0 saturated carbocycles. The number of rotatable bonds is 3. The molecular formula is C23H27N5. The van der Waals surface area contributed by atoms with Crippen molar-refractivity contribution >= 4 is 5.69 Å². The minimum atomic E-state index is 0.945. The van der Waals surface area contributed by atoms with E-state index in [0.29, 0.717) is 0 Å². The summed E-state index contributed by atoms with van der Waals surface area (Å²) in [6, 6.07) is 17.4. The minimum absolute atomic E-state index is 0.945. The molecule has 2 aromatic carbocycles. The third-order valence-electron chi connectivity index (χ3n) is 6.05. The Bertz CT molecular complexity index is 962. The fourth-order valence-electron chi connectivity index (χ4n) is 4.52. The predicted octanol–water partition coefficient (Wildman–Crippen LogP) is 3.39. The molecule has 0 bridgehead atoms. The summed E-state index contributed by atoms with van der Waals surface area (Å²) in [7, 11) is 2.20. The Balaban J connectivity index is 1.31. The second-order valence-corrected chi connectivity index (χ2v) is 7.97. The van der Waals surface area contributed by atoms with Crippen molar-refractivity contribution in [2.24, 2.45) is 0 Å². The molecule has 0 amide bonds. The summed E-state index contributed by atoms with van der Waals surface area (Å²) in [5.74, 6) is 2.10. The molecule has 3 aromatic rings. The van der Waals surface area contributed by atoms with E-state index in [1.165, 1.54) is 36.2 Å². The molecule has 5 nitrogen and oxygen atoms in total. The van der Waals surface area contributed by atoms with Crippen molar-refractivity contribution in [2.45, 2.75) is 32.4 Å². The smallest absolute Gasteiger partial charge is 0.164 e. The van der Waals surface area contributed by atoms with Crippen LogP contribution in [0.4, 0.5) is 5.69 Å². The standard InChI is InChI=1S/C23H27N5/c1-26-12-5-8-20-16-18(9-10-21(20)26)17-27-13-11-22-24-25-23(28(22)15-14-27)19-6-3-2-4-7-19/h2-4,6-7,9-10,16H,5,8,11-15,17H2,1H3. The number of hydrogen-bond donors (Lipinski definition) is 0. The Hall–Kier alpha value is -2.66. The van der Waals surface area contributed by atoms with Crippen LogP contribution >= 0.6 is 0 Å². The number of aryl methyl sites for hydroxylation is 1. The average Bonchev–Trinajstić information content (AvgIpc) is 3.03. The van der Waals surface area contributed by atoms with Gasteiger partial charge in [0.1, 0.15) is 5.82 Å². The highest BCUT2D eigenvalue weighted by Gasteiger charge is 2.20. The summed E-state index contributed by atoms with van der Waals surface area (Å²) in [6.07, 6.45) is 3.41. The van der Waals surface area contributed by atoms with Gasteiger partial charge in [0.2, 0.25) is 0 Å². The maximum absolute atomic E-state index is 4.48. The predicted molar refractivity (Wildman–Crippen MR) is 112 cm³/mol. The normalized spacial score (nSPS) is 17.1. The van der Waals surface area contributed by atoms with Gasteiger partial charge in [-0.1, -0.05) is 42.5 Å². The van der Waals surface area contributed by atoms with E-state index in [1.54, 1.807) is 0 Å². The van der Waals surface area contributed by atoms with Gasteiger partial charge >= 0.3 is 0 Å². The fourth-order valence-corrected chi connectivity index (χ4v) is 4.52. The van der Waals surface area contributed by atoms with Gasteiger partial charge in [-0.3, -0.25) is 4.90 Å². The summed E-state index contributed by atoms with van der Waals surface area (Å²) < 4.78 is 2.30. The molecule has 1 aromatic heterocycles. The van der Waals surface area contributed by atoms with Crippen molar-refractivity contribution in [3.05, 3.63) is 65.5 Å². The minimum Gasteiger partial charge on any atom is -0.374 e. The summed E-state index contributed by atoms with van der Waals surface area (Å²) in [5.41, 5.74) is 5.48. The highest BCUT2D eigenvalue weighted by molar-refractivity contribution is 5.56. The van der Waals surface area contributed by atoms with Crippen LogP contribution in [0.3, 0.4) is 0 Å². The van der Waals surface area contributed by atoms with Crippen LogP contribution in [-0.2, 0) is 25.9 Å². The van der Waals surface area contributed by atoms with Crippen molar-refractivity contribution < 1.29 is 0 Å². The zero-order chi connectivity index (χ0) is 18.9. The maximum atomic E-state index is 4.48. The van der Waals surface area contributed by atoms with Crippen molar-refractivity contribution in [3.63, 3.8) is 0 Å². The molecule has 0 aliphatic carbocycles. The zero-order valence-corrected chi connectivity index (χ0v) is 16.5. The van der Waals surface area contributed by atoms with Crippen molar-refractivity contribution in [1.29, 1.82) is 0 Å². The first kappa shape index (κ1) is 17.4. The number of hydrogen-bond acceptors (Lipinski definition) is 4. The van der Waals surface area contributed by atoms with E-state index in [2.05, 4.69) is 74.1 Å². The molecule has 0 radical (unpaired) electrons. The van der Waals surface area contributed by atoms with Crippen molar-refractivity contribution in [1.82, 2.24) is 19.7 Å². The highest BCUT2D eigenvalue weighted by Crippen LogP contribution is 2.27. The van der Waals surface area contributed by atoms with E-state index in [4.69, 9.17) is 0 Å². The van der Waals surface area contributed by atoms with E-state index in [-0.39, 0.29) is 0 Å². The SMILES string of the molecule is CN1CCCc2cc(CN3CCc4nnc(-c5ccccc5)n4CC3)ccc21. The molecule has 0 N–H and O–H groups in total. The first-order valence-corrected chi connectivity index (χ1v) is 10.3. The van der Waals surface area contributed by atoms with E-state index in [9.17, 15) is 0 Å². The van der Waals surface area contributed by atoms with Crippen LogP contribution in [0.2, 0.25) is 0 Å². The number of benzene rings is 2. The van der Waals surface area contributed by atoms with Crippen LogP contribution in [0.25, 0.3) is 11.4 Å². The van der Waals surface area contributed by atoms with E-state index < -0.39 is 0 Å². The molecule has 3 heterocycles. The Morgan fingerprint density at radius 1 is 0.893 bits per heavy atom. The van der Waals surface area contributed by atoms with Gasteiger partial charge < -0.3 is 9.47 Å². The van der Waals surface area contributed by atoms with E-state index >= 15 is 0 Å². The van der Waals surface area contributed by atoms with Gasteiger partial charge in [0, 0.05) is 57.4 Å². The van der Waals surface area contributed by atoms with E-state index in [0.717, 1.165) is 49.8 Å². The molecule has 2 aliphatic rings. The average molecular weight is 374 g/mol. The van der Waals surface area contributed by atoms with Gasteiger partial charge in [-0.05, 0) is 30.0 Å². The highest BCUT2D eigenvalue weighted by atomic mass is 15.3. The molecular weight excluding hydrogens is 346 g/mol. The third kappa shape index (κ3) is 3.31. The zero-order valence-electron chi connectivity index (χ0n) is 16.5. The number of aromatic nitrogens is 3. The summed E-state index contributed by atoms with van der Waals surface area (Å²) in [4.78, 5) is 4.93. The van der Waals surface area contributed by atoms with Crippen LogP contribution in [0, 0.1) is 0 Å². The van der Waals surface area contributed by atoms with Gasteiger partial charge in [0.15, 0.2) is 5.82 Å². The van der Waals surface area contributed by atoms with Crippen molar-refractivity contribution in [3.8, 4) is 11.4 Å². The number of fused-ring (bicyclic) bond motifs is 2. The molecule has 28 heavy (non-hydrogen) atoms. The van der Waals surface area contributed by atoms with Crippen molar-refractivity contribution in [2.75, 3.05) is 31.6 Å². The summed E-state index contributed by atoms with van der Waals surface area (Å²) in [6.45, 7) is 5.18. The molecule has 5 heteroatoms. The van der Waals surface area contributed by atoms with Gasteiger partial charge in [-0.15, -0.1) is 10.2 Å². The monoisotopic (exact) mass is 373 g/mol. The molecule has 0 atom stereocenters. The maximum Gasteiger partial charge on any atom is 0.164 e. The molecule has 2 aliphatic heterocycles. The largest absolute Gasteiger partial charge is 0.374 e. The van der Waals surface area contributed by atoms with Crippen LogP contribution in [0.5, 0.6) is 0 Å². The lowest BCUT2D eigenvalue weighted by molar-refractivity contribution is 0.271. The molecule has 0 unspecified atom stereocenters. The van der Waals surface area contributed by atoms with Gasteiger partial charge in [0.25, 0.3) is 0 Å². The topological polar surface area (TPSA) is 37.2 Å². The lowest BCUT2D eigenvalue weighted by atomic mass is 9.99. The molecule has 0 saturated heterocycles. The fraction of sp³-hybridized carbons (Fsp3) is 0.391. The second-order valence-electron chi connectivity index (χ2n) is 7.97. The Kier molecular flexibility index (Phi) is 4.61. The first-order valence-electron chi connectivity index (χ1n) is 10.3. The van der Waals surface area contributed by atoms with Gasteiger partial charge in [-0.2, -0.15) is 0 Å². The van der Waals surface area contributed by atoms with E-state index in [1.807, 2.05) is 6.07 Å². The van der Waals surface area contributed by atoms with Gasteiger partial charge in [0.05, 0.1) is 0 Å². The second kappa shape index (κ2) is 7.40.